The number of carbonyl (C=O) groups excluding carboxylic acids is 2. The molecule has 2 aliphatic heterocycles. The molecule has 7 heteroatoms. The molecule has 0 spiro atoms. The molecule has 3 heterocycles. The topological polar surface area (TPSA) is 75.9 Å². The molecule has 7 nitrogen and oxygen atoms in total. The van der Waals surface area contributed by atoms with Crippen molar-refractivity contribution >= 4 is 11.8 Å². The van der Waals surface area contributed by atoms with Gasteiger partial charge >= 0.3 is 0 Å². The van der Waals surface area contributed by atoms with Crippen LogP contribution in [0.4, 0.5) is 0 Å². The summed E-state index contributed by atoms with van der Waals surface area (Å²) in [5.74, 6) is 0.812. The third kappa shape index (κ3) is 2.72. The van der Waals surface area contributed by atoms with Gasteiger partial charge in [0.05, 0.1) is 12.1 Å². The number of ether oxygens (including phenoxy) is 1. The van der Waals surface area contributed by atoms with E-state index in [4.69, 9.17) is 9.26 Å². The average Bonchev–Trinajstić information content (AvgIpc) is 3.07. The Bertz CT molecular complexity index is 583. The molecule has 0 saturated carbocycles. The Kier molecular flexibility index (Phi) is 3.90. The lowest BCUT2D eigenvalue weighted by molar-refractivity contribution is -0.153. The predicted octanol–water partition coefficient (Wildman–Crippen LogP) is 0.691. The van der Waals surface area contributed by atoms with Crippen molar-refractivity contribution in [3.63, 3.8) is 0 Å². The van der Waals surface area contributed by atoms with E-state index in [0.29, 0.717) is 37.0 Å². The summed E-state index contributed by atoms with van der Waals surface area (Å²) >= 11 is 0. The summed E-state index contributed by atoms with van der Waals surface area (Å²) in [6.45, 7) is 7.65. The first-order valence-electron chi connectivity index (χ1n) is 7.59. The quantitative estimate of drug-likeness (QED) is 0.821. The van der Waals surface area contributed by atoms with Crippen LogP contribution in [-0.2, 0) is 9.53 Å². The van der Waals surface area contributed by atoms with Crippen LogP contribution in [0.5, 0.6) is 0 Å². The first kappa shape index (κ1) is 15.0. The van der Waals surface area contributed by atoms with Crippen LogP contribution < -0.4 is 0 Å². The smallest absolute Gasteiger partial charge is 0.276 e. The van der Waals surface area contributed by atoms with Gasteiger partial charge in [-0.25, -0.2) is 0 Å². The van der Waals surface area contributed by atoms with Crippen LogP contribution in [0, 0.1) is 12.8 Å². The number of amides is 2. The highest BCUT2D eigenvalue weighted by Gasteiger charge is 2.45. The van der Waals surface area contributed by atoms with Gasteiger partial charge in [-0.05, 0) is 12.8 Å². The van der Waals surface area contributed by atoms with E-state index >= 15 is 0 Å². The second kappa shape index (κ2) is 5.72. The fourth-order valence-electron chi connectivity index (χ4n) is 3.09. The number of rotatable bonds is 3. The normalized spacial score (nSPS) is 25.0. The maximum atomic E-state index is 12.5. The Balaban J connectivity index is 1.74. The van der Waals surface area contributed by atoms with E-state index in [1.165, 1.54) is 0 Å². The number of nitrogens with zero attached hydrogens (tertiary/aromatic N) is 3. The van der Waals surface area contributed by atoms with Crippen LogP contribution in [0.2, 0.25) is 0 Å². The van der Waals surface area contributed by atoms with E-state index in [9.17, 15) is 9.59 Å². The Morgan fingerprint density at radius 1 is 1.45 bits per heavy atom. The molecule has 120 valence electrons. The van der Waals surface area contributed by atoms with Gasteiger partial charge in [-0.15, -0.1) is 0 Å². The molecular formula is C15H21N3O4. The molecule has 2 fully saturated rings. The Morgan fingerprint density at radius 3 is 2.86 bits per heavy atom. The summed E-state index contributed by atoms with van der Waals surface area (Å²) in [7, 11) is 0. The number of likely N-dealkylation sites (tertiary alicyclic amines) is 1. The van der Waals surface area contributed by atoms with Gasteiger partial charge < -0.3 is 19.1 Å². The molecule has 1 aromatic rings. The van der Waals surface area contributed by atoms with Crippen molar-refractivity contribution in [1.29, 1.82) is 0 Å². The number of aryl methyl sites for hydroxylation is 1. The van der Waals surface area contributed by atoms with E-state index in [1.54, 1.807) is 17.9 Å². The van der Waals surface area contributed by atoms with E-state index in [0.717, 1.165) is 0 Å². The van der Waals surface area contributed by atoms with Crippen LogP contribution in [-0.4, -0.2) is 65.2 Å². The van der Waals surface area contributed by atoms with E-state index in [1.807, 2.05) is 4.90 Å². The Morgan fingerprint density at radius 2 is 2.23 bits per heavy atom. The van der Waals surface area contributed by atoms with Crippen LogP contribution in [0.25, 0.3) is 0 Å². The molecule has 0 N–H and O–H groups in total. The first-order chi connectivity index (χ1) is 10.5. The van der Waals surface area contributed by atoms with Gasteiger partial charge in [-0.2, -0.15) is 0 Å². The fourth-order valence-corrected chi connectivity index (χ4v) is 3.09. The number of morpholine rings is 1. The third-order valence-corrected chi connectivity index (χ3v) is 4.07. The minimum Gasteiger partial charge on any atom is -0.364 e. The van der Waals surface area contributed by atoms with Gasteiger partial charge in [-0.1, -0.05) is 19.0 Å². The molecule has 1 aromatic heterocycles. The van der Waals surface area contributed by atoms with Crippen LogP contribution >= 0.6 is 0 Å². The highest BCUT2D eigenvalue weighted by atomic mass is 16.5. The lowest BCUT2D eigenvalue weighted by Gasteiger charge is -2.37. The van der Waals surface area contributed by atoms with Crippen molar-refractivity contribution in [1.82, 2.24) is 15.0 Å². The first-order valence-corrected chi connectivity index (χ1v) is 7.59. The third-order valence-electron chi connectivity index (χ3n) is 4.07. The minimum atomic E-state index is -0.174. The maximum Gasteiger partial charge on any atom is 0.276 e. The van der Waals surface area contributed by atoms with E-state index in [2.05, 4.69) is 19.0 Å². The van der Waals surface area contributed by atoms with Gasteiger partial charge in [0.1, 0.15) is 12.4 Å². The van der Waals surface area contributed by atoms with Crippen LogP contribution in [0.15, 0.2) is 10.6 Å². The van der Waals surface area contributed by atoms with Crippen molar-refractivity contribution in [2.75, 3.05) is 26.2 Å². The van der Waals surface area contributed by atoms with Crippen molar-refractivity contribution in [2.45, 2.75) is 32.9 Å². The molecule has 0 bridgehead atoms. The van der Waals surface area contributed by atoms with Crippen LogP contribution in [0.3, 0.4) is 0 Å². The van der Waals surface area contributed by atoms with Gasteiger partial charge in [-0.3, -0.25) is 9.59 Å². The molecule has 2 amide bonds. The SMILES string of the molecule is Cc1cc(C(=O)N2C[C@@H]3OCC(=O)N(CC(C)C)[C@@H]3C2)no1. The number of aromatic nitrogens is 1. The molecule has 0 radical (unpaired) electrons. The molecular weight excluding hydrogens is 286 g/mol. The monoisotopic (exact) mass is 307 g/mol. The molecule has 2 aliphatic rings. The molecule has 0 aromatic carbocycles. The van der Waals surface area contributed by atoms with Crippen LogP contribution in [0.1, 0.15) is 30.1 Å². The number of carbonyl (C=O) groups is 2. The largest absolute Gasteiger partial charge is 0.364 e. The second-order valence-corrected chi connectivity index (χ2v) is 6.39. The molecule has 2 atom stereocenters. The minimum absolute atomic E-state index is 0.00142. The van der Waals surface area contributed by atoms with Crippen molar-refractivity contribution in [2.24, 2.45) is 5.92 Å². The summed E-state index contributed by atoms with van der Waals surface area (Å²) < 4.78 is 10.6. The van der Waals surface area contributed by atoms with Crippen molar-refractivity contribution < 1.29 is 18.8 Å². The zero-order chi connectivity index (χ0) is 15.9. The van der Waals surface area contributed by atoms with Gasteiger partial charge in [0.2, 0.25) is 5.91 Å². The van der Waals surface area contributed by atoms with Gasteiger partial charge in [0, 0.05) is 25.7 Å². The summed E-state index contributed by atoms with van der Waals surface area (Å²) in [6.07, 6.45) is -0.117. The second-order valence-electron chi connectivity index (χ2n) is 6.39. The van der Waals surface area contributed by atoms with Gasteiger partial charge in [0.15, 0.2) is 5.69 Å². The van der Waals surface area contributed by atoms with E-state index in [-0.39, 0.29) is 30.6 Å². The highest BCUT2D eigenvalue weighted by molar-refractivity contribution is 5.92. The molecule has 3 rings (SSSR count). The number of fused-ring (bicyclic) bond motifs is 1. The zero-order valence-electron chi connectivity index (χ0n) is 13.1. The van der Waals surface area contributed by atoms with E-state index < -0.39 is 0 Å². The lowest BCUT2D eigenvalue weighted by Crippen LogP contribution is -2.55. The average molecular weight is 307 g/mol. The Labute approximate surface area is 129 Å². The summed E-state index contributed by atoms with van der Waals surface area (Å²) in [4.78, 5) is 28.1. The lowest BCUT2D eigenvalue weighted by atomic mass is 10.1. The number of hydrogen-bond acceptors (Lipinski definition) is 5. The van der Waals surface area contributed by atoms with Crippen molar-refractivity contribution in [3.05, 3.63) is 17.5 Å². The fraction of sp³-hybridized carbons (Fsp3) is 0.667. The maximum absolute atomic E-state index is 12.5. The predicted molar refractivity (Wildman–Crippen MR) is 77.2 cm³/mol. The summed E-state index contributed by atoms with van der Waals surface area (Å²) in [5, 5.41) is 3.77. The van der Waals surface area contributed by atoms with Gasteiger partial charge in [0.25, 0.3) is 5.91 Å². The number of hydrogen-bond donors (Lipinski definition) is 0. The Hall–Kier alpha value is -1.89. The molecule has 2 saturated heterocycles. The standard InChI is InChI=1S/C15H21N3O4/c1-9(2)5-18-12-6-17(7-13(12)21-8-14(18)19)15(20)11-4-10(3)22-16-11/h4,9,12-13H,5-8H2,1-3H3/t12-,13+/m1/s1. The molecule has 0 unspecified atom stereocenters. The summed E-state index contributed by atoms with van der Waals surface area (Å²) in [5.41, 5.74) is 0.304. The highest BCUT2D eigenvalue weighted by Crippen LogP contribution is 2.25. The zero-order valence-corrected chi connectivity index (χ0v) is 13.1. The van der Waals surface area contributed by atoms with Crippen molar-refractivity contribution in [3.8, 4) is 0 Å². The molecule has 0 aliphatic carbocycles. The summed E-state index contributed by atoms with van der Waals surface area (Å²) in [6, 6.07) is 1.56. The molecule has 22 heavy (non-hydrogen) atoms.